The van der Waals surface area contributed by atoms with E-state index in [1.807, 2.05) is 4.90 Å². The van der Waals surface area contributed by atoms with Gasteiger partial charge in [-0.25, -0.2) is 9.37 Å². The minimum atomic E-state index is -0.512. The summed E-state index contributed by atoms with van der Waals surface area (Å²) in [6, 6.07) is 3.03. The van der Waals surface area contributed by atoms with Crippen molar-refractivity contribution < 1.29 is 14.0 Å². The normalized spacial score (nSPS) is 22.6. The van der Waals surface area contributed by atoms with Crippen molar-refractivity contribution in [3.63, 3.8) is 0 Å². The minimum Gasteiger partial charge on any atom is -0.339 e. The Morgan fingerprint density at radius 2 is 1.93 bits per heavy atom. The Labute approximate surface area is 173 Å². The van der Waals surface area contributed by atoms with Crippen LogP contribution in [0.3, 0.4) is 0 Å². The number of halogens is 1. The lowest BCUT2D eigenvalue weighted by Crippen LogP contribution is -2.44. The number of hydrogen-bond acceptors (Lipinski definition) is 4. The molecule has 8 heteroatoms. The fourth-order valence-corrected chi connectivity index (χ4v) is 5.16. The van der Waals surface area contributed by atoms with Gasteiger partial charge in [-0.2, -0.15) is 0 Å². The van der Waals surface area contributed by atoms with Crippen LogP contribution in [0.15, 0.2) is 23.1 Å². The second kappa shape index (κ2) is 7.49. The van der Waals surface area contributed by atoms with E-state index < -0.39 is 5.82 Å². The molecule has 158 valence electrons. The molecule has 7 nitrogen and oxygen atoms in total. The third-order valence-corrected chi connectivity index (χ3v) is 6.77. The smallest absolute Gasteiger partial charge is 0.263 e. The van der Waals surface area contributed by atoms with Gasteiger partial charge in [0.1, 0.15) is 11.5 Å². The molecule has 1 atom stereocenters. The molecule has 2 amide bonds. The number of carbonyl (C=O) groups is 2. The van der Waals surface area contributed by atoms with Crippen LogP contribution >= 0.6 is 0 Å². The first-order valence-electron chi connectivity index (χ1n) is 10.8. The number of rotatable bonds is 2. The Kier molecular flexibility index (Phi) is 4.79. The summed E-state index contributed by atoms with van der Waals surface area (Å²) in [7, 11) is 0. The topological polar surface area (TPSA) is 75.0 Å². The van der Waals surface area contributed by atoms with Gasteiger partial charge >= 0.3 is 0 Å². The van der Waals surface area contributed by atoms with E-state index in [1.165, 1.54) is 23.0 Å². The van der Waals surface area contributed by atoms with Gasteiger partial charge in [0.05, 0.1) is 23.7 Å². The van der Waals surface area contributed by atoms with Gasteiger partial charge < -0.3 is 9.80 Å². The van der Waals surface area contributed by atoms with E-state index in [0.717, 1.165) is 31.9 Å². The maximum atomic E-state index is 13.6. The van der Waals surface area contributed by atoms with Crippen LogP contribution in [0.1, 0.15) is 49.8 Å². The zero-order valence-electron chi connectivity index (χ0n) is 16.8. The Balaban J connectivity index is 1.35. The second-order valence-corrected chi connectivity index (χ2v) is 8.67. The van der Waals surface area contributed by atoms with E-state index in [9.17, 15) is 18.8 Å². The average molecular weight is 412 g/mol. The van der Waals surface area contributed by atoms with Crippen molar-refractivity contribution in [3.8, 4) is 0 Å². The van der Waals surface area contributed by atoms with Gasteiger partial charge in [-0.15, -0.1) is 0 Å². The maximum absolute atomic E-state index is 13.6. The zero-order chi connectivity index (χ0) is 20.8. The van der Waals surface area contributed by atoms with Crippen LogP contribution in [0, 0.1) is 11.7 Å². The van der Waals surface area contributed by atoms with Gasteiger partial charge in [-0.3, -0.25) is 18.8 Å². The largest absolute Gasteiger partial charge is 0.339 e. The number of amides is 2. The van der Waals surface area contributed by atoms with Crippen molar-refractivity contribution in [1.82, 2.24) is 19.2 Å². The van der Waals surface area contributed by atoms with Gasteiger partial charge in [0.15, 0.2) is 0 Å². The van der Waals surface area contributed by atoms with Gasteiger partial charge in [0.2, 0.25) is 11.8 Å². The fraction of sp³-hybridized carbons (Fsp3) is 0.545. The number of hydrogen-bond donors (Lipinski definition) is 0. The molecule has 0 spiro atoms. The molecular weight excluding hydrogens is 387 g/mol. The Hall–Kier alpha value is -2.77. The summed E-state index contributed by atoms with van der Waals surface area (Å²) < 4.78 is 14.8. The van der Waals surface area contributed by atoms with Crippen molar-refractivity contribution in [3.05, 3.63) is 45.8 Å². The summed E-state index contributed by atoms with van der Waals surface area (Å²) in [6.07, 6.45) is 7.41. The highest BCUT2D eigenvalue weighted by atomic mass is 19.1. The lowest BCUT2D eigenvalue weighted by molar-refractivity contribution is -0.136. The Morgan fingerprint density at radius 1 is 1.13 bits per heavy atom. The molecule has 30 heavy (non-hydrogen) atoms. The summed E-state index contributed by atoms with van der Waals surface area (Å²) in [4.78, 5) is 46.7. The highest BCUT2D eigenvalue weighted by molar-refractivity contribution is 5.89. The first-order chi connectivity index (χ1) is 14.5. The Morgan fingerprint density at radius 3 is 2.73 bits per heavy atom. The number of aromatic nitrogens is 2. The molecule has 1 unspecified atom stereocenters. The van der Waals surface area contributed by atoms with Crippen LogP contribution in [0.25, 0.3) is 5.65 Å². The first kappa shape index (κ1) is 19.2. The molecule has 1 aliphatic carbocycles. The van der Waals surface area contributed by atoms with E-state index >= 15 is 0 Å². The SMILES string of the molecule is O=C(C1CC(=O)N(C2CCCCC2)C1)N1CCc2nc3ccc(F)cn3c(=O)c2C1. The van der Waals surface area contributed by atoms with Crippen LogP contribution in [0.5, 0.6) is 0 Å². The standard InChI is InChI=1S/C22H25FN4O3/c23-15-6-7-19-24-18-8-9-25(13-17(18)22(30)27(19)12-15)21(29)14-10-20(28)26(11-14)16-4-2-1-3-5-16/h6-7,12,14,16H,1-5,8-11,13H2. The highest BCUT2D eigenvalue weighted by Gasteiger charge is 2.40. The summed E-state index contributed by atoms with van der Waals surface area (Å²) >= 11 is 0. The van der Waals surface area contributed by atoms with Crippen molar-refractivity contribution in [2.24, 2.45) is 5.92 Å². The van der Waals surface area contributed by atoms with Crippen LogP contribution in [-0.4, -0.2) is 50.1 Å². The monoisotopic (exact) mass is 412 g/mol. The van der Waals surface area contributed by atoms with Gasteiger partial charge in [0, 0.05) is 38.2 Å². The summed E-state index contributed by atoms with van der Waals surface area (Å²) in [6.45, 7) is 1.11. The van der Waals surface area contributed by atoms with Gasteiger partial charge in [-0.05, 0) is 25.0 Å². The molecule has 0 N–H and O–H groups in total. The van der Waals surface area contributed by atoms with E-state index in [4.69, 9.17) is 0 Å². The van der Waals surface area contributed by atoms with Gasteiger partial charge in [-0.1, -0.05) is 19.3 Å². The maximum Gasteiger partial charge on any atom is 0.263 e. The molecule has 1 saturated carbocycles. The van der Waals surface area contributed by atoms with Gasteiger partial charge in [0.25, 0.3) is 5.56 Å². The highest BCUT2D eigenvalue weighted by Crippen LogP contribution is 2.30. The fourth-order valence-electron chi connectivity index (χ4n) is 5.16. The van der Waals surface area contributed by atoms with Crippen LogP contribution in [0.4, 0.5) is 4.39 Å². The molecule has 0 bridgehead atoms. The quantitative estimate of drug-likeness (QED) is 0.755. The molecular formula is C22H25FN4O3. The predicted molar refractivity (Wildman–Crippen MR) is 107 cm³/mol. The van der Waals surface area contributed by atoms with Crippen LogP contribution in [0.2, 0.25) is 0 Å². The summed E-state index contributed by atoms with van der Waals surface area (Å²) in [5.74, 6) is -0.867. The summed E-state index contributed by atoms with van der Waals surface area (Å²) in [5, 5.41) is 0. The molecule has 5 rings (SSSR count). The Bertz CT molecular complexity index is 1080. The second-order valence-electron chi connectivity index (χ2n) is 8.67. The van der Waals surface area contributed by atoms with Crippen molar-refractivity contribution >= 4 is 17.5 Å². The van der Waals surface area contributed by atoms with E-state index in [2.05, 4.69) is 4.98 Å². The lowest BCUT2D eigenvalue weighted by Gasteiger charge is -2.32. The number of pyridine rings is 1. The number of likely N-dealkylation sites (tertiary alicyclic amines) is 1. The van der Waals surface area contributed by atoms with Crippen molar-refractivity contribution in [2.45, 2.75) is 57.5 Å². The molecule has 1 saturated heterocycles. The van der Waals surface area contributed by atoms with E-state index in [0.29, 0.717) is 36.4 Å². The average Bonchev–Trinajstić information content (AvgIpc) is 3.16. The molecule has 0 radical (unpaired) electrons. The molecule has 2 aliphatic heterocycles. The molecule has 3 aliphatic rings. The third-order valence-electron chi connectivity index (χ3n) is 6.77. The molecule has 2 fully saturated rings. The van der Waals surface area contributed by atoms with Crippen LogP contribution < -0.4 is 5.56 Å². The minimum absolute atomic E-state index is 0.0702. The number of carbonyl (C=O) groups excluding carboxylic acids is 2. The molecule has 0 aromatic carbocycles. The summed E-state index contributed by atoms with van der Waals surface area (Å²) in [5.41, 5.74) is 1.18. The van der Waals surface area contributed by atoms with E-state index in [1.54, 1.807) is 4.90 Å². The third kappa shape index (κ3) is 3.28. The number of nitrogens with zero attached hydrogens (tertiary/aromatic N) is 4. The predicted octanol–water partition coefficient (Wildman–Crippen LogP) is 1.90. The molecule has 4 heterocycles. The van der Waals surface area contributed by atoms with Crippen molar-refractivity contribution in [1.29, 1.82) is 0 Å². The first-order valence-corrected chi connectivity index (χ1v) is 10.8. The van der Waals surface area contributed by atoms with Crippen molar-refractivity contribution in [2.75, 3.05) is 13.1 Å². The molecule has 2 aromatic rings. The number of fused-ring (bicyclic) bond motifs is 2. The molecule has 2 aromatic heterocycles. The van der Waals surface area contributed by atoms with E-state index in [-0.39, 0.29) is 42.3 Å². The lowest BCUT2D eigenvalue weighted by atomic mass is 9.94. The van der Waals surface area contributed by atoms with Crippen LogP contribution in [-0.2, 0) is 22.6 Å². The zero-order valence-corrected chi connectivity index (χ0v) is 16.8.